The molecular weight excluding hydrogens is 208 g/mol. The average Bonchev–Trinajstić information content (AvgIpc) is 2.64. The Balaban J connectivity index is 2.05. The van der Waals surface area contributed by atoms with Crippen molar-refractivity contribution in [2.45, 2.75) is 19.8 Å². The first kappa shape index (κ1) is 10.2. The number of hydrogen-bond donors (Lipinski definition) is 1. The zero-order chi connectivity index (χ0) is 10.9. The van der Waals surface area contributed by atoms with Crippen LogP contribution < -0.4 is 5.32 Å². The highest BCUT2D eigenvalue weighted by atomic mass is 32.1. The molecule has 1 aliphatic carbocycles. The van der Waals surface area contributed by atoms with Crippen molar-refractivity contribution in [2.75, 3.05) is 5.32 Å². The van der Waals surface area contributed by atoms with Gasteiger partial charge in [0.15, 0.2) is 0 Å². The molecule has 0 atom stereocenters. The van der Waals surface area contributed by atoms with Crippen LogP contribution in [0.15, 0.2) is 16.8 Å². The Morgan fingerprint density at radius 2 is 2.47 bits per heavy atom. The number of hydrogen-bond acceptors (Lipinski definition) is 3. The summed E-state index contributed by atoms with van der Waals surface area (Å²) in [5.74, 6) is 0.333. The van der Waals surface area contributed by atoms with E-state index in [-0.39, 0.29) is 5.91 Å². The number of nitrogens with zero attached hydrogens (tertiary/aromatic N) is 1. The molecule has 1 aliphatic rings. The van der Waals surface area contributed by atoms with E-state index in [2.05, 4.69) is 18.3 Å². The zero-order valence-corrected chi connectivity index (χ0v) is 9.30. The summed E-state index contributed by atoms with van der Waals surface area (Å²) in [6.07, 6.45) is 1.36. The van der Waals surface area contributed by atoms with Gasteiger partial charge in [-0.2, -0.15) is 16.6 Å². The van der Waals surface area contributed by atoms with Gasteiger partial charge in [-0.3, -0.25) is 4.79 Å². The topological polar surface area (TPSA) is 52.9 Å². The minimum absolute atomic E-state index is 0.151. The standard InChI is InChI=1S/C11H12N2OS/c1-8-4-11(5-8,7-12)10(14)13-9-2-3-15-6-9/h2-3,6,8H,4-5H2,1H3,(H,13,14). The van der Waals surface area contributed by atoms with Gasteiger partial charge in [0.05, 0.1) is 11.8 Å². The van der Waals surface area contributed by atoms with Crippen LogP contribution in [0.1, 0.15) is 19.8 Å². The van der Waals surface area contributed by atoms with E-state index in [4.69, 9.17) is 5.26 Å². The first-order valence-corrected chi connectivity index (χ1v) is 5.85. The van der Waals surface area contributed by atoms with E-state index in [0.29, 0.717) is 18.8 Å². The van der Waals surface area contributed by atoms with E-state index < -0.39 is 5.41 Å². The summed E-state index contributed by atoms with van der Waals surface area (Å²) >= 11 is 1.53. The zero-order valence-electron chi connectivity index (χ0n) is 8.49. The third-order valence-corrected chi connectivity index (χ3v) is 3.50. The lowest BCUT2D eigenvalue weighted by molar-refractivity contribution is -0.128. The van der Waals surface area contributed by atoms with Crippen LogP contribution in [0, 0.1) is 22.7 Å². The molecule has 1 fully saturated rings. The fourth-order valence-electron chi connectivity index (χ4n) is 2.04. The Labute approximate surface area is 92.7 Å². The first-order valence-electron chi connectivity index (χ1n) is 4.91. The van der Waals surface area contributed by atoms with Gasteiger partial charge in [-0.05, 0) is 30.2 Å². The second-order valence-electron chi connectivity index (χ2n) is 4.17. The number of rotatable bonds is 2. The van der Waals surface area contributed by atoms with Crippen molar-refractivity contribution in [1.29, 1.82) is 5.26 Å². The van der Waals surface area contributed by atoms with E-state index in [1.54, 1.807) is 0 Å². The SMILES string of the molecule is CC1CC(C#N)(C(=O)Nc2ccsc2)C1. The summed E-state index contributed by atoms with van der Waals surface area (Å²) in [6, 6.07) is 3.99. The lowest BCUT2D eigenvalue weighted by Crippen LogP contribution is -2.44. The fourth-order valence-corrected chi connectivity index (χ4v) is 2.63. The van der Waals surface area contributed by atoms with Crippen LogP contribution in [0.25, 0.3) is 0 Å². The molecule has 1 aromatic rings. The van der Waals surface area contributed by atoms with Gasteiger partial charge in [-0.15, -0.1) is 0 Å². The monoisotopic (exact) mass is 220 g/mol. The van der Waals surface area contributed by atoms with E-state index in [1.807, 2.05) is 16.8 Å². The Bertz CT molecular complexity index is 399. The summed E-state index contributed by atoms with van der Waals surface area (Å²) in [4.78, 5) is 11.9. The van der Waals surface area contributed by atoms with Gasteiger partial charge in [-0.1, -0.05) is 6.92 Å². The molecule has 1 heterocycles. The maximum absolute atomic E-state index is 11.9. The van der Waals surface area contributed by atoms with Crippen molar-refractivity contribution < 1.29 is 4.79 Å². The normalized spacial score (nSPS) is 28.9. The van der Waals surface area contributed by atoms with Gasteiger partial charge in [0.25, 0.3) is 0 Å². The van der Waals surface area contributed by atoms with Gasteiger partial charge < -0.3 is 5.32 Å². The highest BCUT2D eigenvalue weighted by Crippen LogP contribution is 2.45. The van der Waals surface area contributed by atoms with Crippen LogP contribution in [0.5, 0.6) is 0 Å². The summed E-state index contributed by atoms with van der Waals surface area (Å²) in [6.45, 7) is 2.06. The molecule has 3 nitrogen and oxygen atoms in total. The largest absolute Gasteiger partial charge is 0.324 e. The summed E-state index contributed by atoms with van der Waals surface area (Å²) in [5, 5.41) is 15.6. The van der Waals surface area contributed by atoms with Crippen molar-refractivity contribution in [1.82, 2.24) is 0 Å². The molecule has 0 unspecified atom stereocenters. The number of carbonyl (C=O) groups is 1. The van der Waals surface area contributed by atoms with Crippen LogP contribution in [0.3, 0.4) is 0 Å². The number of nitrogens with one attached hydrogen (secondary N) is 1. The number of thiophene rings is 1. The van der Waals surface area contributed by atoms with Crippen molar-refractivity contribution in [2.24, 2.45) is 11.3 Å². The van der Waals surface area contributed by atoms with E-state index in [0.717, 1.165) is 5.69 Å². The molecule has 1 N–H and O–H groups in total. The number of nitriles is 1. The Hall–Kier alpha value is -1.34. The first-order chi connectivity index (χ1) is 7.16. The molecule has 1 saturated carbocycles. The third kappa shape index (κ3) is 1.75. The van der Waals surface area contributed by atoms with Crippen LogP contribution in [0.2, 0.25) is 0 Å². The molecule has 0 bridgehead atoms. The van der Waals surface area contributed by atoms with Crippen LogP contribution in [-0.2, 0) is 4.79 Å². The Morgan fingerprint density at radius 3 is 2.93 bits per heavy atom. The maximum Gasteiger partial charge on any atom is 0.244 e. The fraction of sp³-hybridized carbons (Fsp3) is 0.455. The third-order valence-electron chi connectivity index (χ3n) is 2.82. The van der Waals surface area contributed by atoms with Gasteiger partial charge in [-0.25, -0.2) is 0 Å². The molecule has 4 heteroatoms. The molecule has 1 amide bonds. The molecule has 2 rings (SSSR count). The summed E-state index contributed by atoms with van der Waals surface area (Å²) in [7, 11) is 0. The van der Waals surface area contributed by atoms with Crippen LogP contribution in [0.4, 0.5) is 5.69 Å². The molecular formula is C11H12N2OS. The van der Waals surface area contributed by atoms with Gasteiger partial charge in [0.1, 0.15) is 5.41 Å². The number of carbonyl (C=O) groups excluding carboxylic acids is 1. The highest BCUT2D eigenvalue weighted by molar-refractivity contribution is 7.08. The molecule has 0 aromatic carbocycles. The van der Waals surface area contributed by atoms with E-state index >= 15 is 0 Å². The number of anilines is 1. The Morgan fingerprint density at radius 1 is 1.73 bits per heavy atom. The molecule has 0 aliphatic heterocycles. The van der Waals surface area contributed by atoms with Crippen molar-refractivity contribution in [3.05, 3.63) is 16.8 Å². The van der Waals surface area contributed by atoms with Gasteiger partial charge in [0.2, 0.25) is 5.91 Å². The second-order valence-corrected chi connectivity index (χ2v) is 4.95. The summed E-state index contributed by atoms with van der Waals surface area (Å²) in [5.41, 5.74) is 0.0145. The van der Waals surface area contributed by atoms with E-state index in [1.165, 1.54) is 11.3 Å². The van der Waals surface area contributed by atoms with E-state index in [9.17, 15) is 4.79 Å². The number of amides is 1. The highest BCUT2D eigenvalue weighted by Gasteiger charge is 2.48. The predicted octanol–water partition coefficient (Wildman–Crippen LogP) is 2.63. The van der Waals surface area contributed by atoms with Crippen LogP contribution in [-0.4, -0.2) is 5.91 Å². The van der Waals surface area contributed by atoms with Crippen LogP contribution >= 0.6 is 11.3 Å². The molecule has 78 valence electrons. The predicted molar refractivity (Wildman–Crippen MR) is 59.4 cm³/mol. The van der Waals surface area contributed by atoms with Gasteiger partial charge in [0, 0.05) is 5.38 Å². The smallest absolute Gasteiger partial charge is 0.244 e. The van der Waals surface area contributed by atoms with Crippen molar-refractivity contribution in [3.63, 3.8) is 0 Å². The molecule has 0 saturated heterocycles. The summed E-state index contributed by atoms with van der Waals surface area (Å²) < 4.78 is 0. The van der Waals surface area contributed by atoms with Crippen molar-refractivity contribution >= 4 is 22.9 Å². The molecule has 1 aromatic heterocycles. The minimum atomic E-state index is -0.776. The Kier molecular flexibility index (Phi) is 2.49. The van der Waals surface area contributed by atoms with Crippen molar-refractivity contribution in [3.8, 4) is 6.07 Å². The molecule has 0 radical (unpaired) electrons. The molecule has 15 heavy (non-hydrogen) atoms. The lowest BCUT2D eigenvalue weighted by Gasteiger charge is -2.39. The minimum Gasteiger partial charge on any atom is -0.324 e. The van der Waals surface area contributed by atoms with Gasteiger partial charge >= 0.3 is 0 Å². The lowest BCUT2D eigenvalue weighted by atomic mass is 9.63. The molecule has 0 spiro atoms. The maximum atomic E-state index is 11.9. The quantitative estimate of drug-likeness (QED) is 0.833. The second kappa shape index (κ2) is 3.67. The average molecular weight is 220 g/mol.